The van der Waals surface area contributed by atoms with E-state index >= 15 is 0 Å². The molecule has 0 aliphatic heterocycles. The van der Waals surface area contributed by atoms with Crippen molar-refractivity contribution in [2.75, 3.05) is 5.32 Å². The molecule has 6 nitrogen and oxygen atoms in total. The number of carbonyl (C=O) groups excluding carboxylic acids is 1. The first kappa shape index (κ1) is 17.7. The highest BCUT2D eigenvalue weighted by atomic mass is 32.1. The van der Waals surface area contributed by atoms with E-state index in [0.29, 0.717) is 10.8 Å². The second-order valence-electron chi connectivity index (χ2n) is 6.42. The highest BCUT2D eigenvalue weighted by Crippen LogP contribution is 2.30. The van der Waals surface area contributed by atoms with Gasteiger partial charge in [-0.2, -0.15) is 0 Å². The second kappa shape index (κ2) is 7.23. The number of amides is 1. The Labute approximate surface area is 174 Å². The maximum absolute atomic E-state index is 12.6. The Morgan fingerprint density at radius 1 is 1.07 bits per heavy atom. The minimum absolute atomic E-state index is 0.265. The normalized spacial score (nSPS) is 11.1. The summed E-state index contributed by atoms with van der Waals surface area (Å²) in [6.45, 7) is 0. The van der Waals surface area contributed by atoms with Crippen molar-refractivity contribution in [1.82, 2.24) is 19.5 Å². The first-order valence-corrected chi connectivity index (χ1v) is 10.6. The zero-order valence-corrected chi connectivity index (χ0v) is 17.0. The summed E-state index contributed by atoms with van der Waals surface area (Å²) in [6.07, 6.45) is 3.46. The first-order chi connectivity index (χ1) is 14.2. The van der Waals surface area contributed by atoms with Crippen molar-refractivity contribution < 1.29 is 4.79 Å². The van der Waals surface area contributed by atoms with Crippen LogP contribution in [0.5, 0.6) is 0 Å². The molecule has 0 unspecified atom stereocenters. The highest BCUT2D eigenvalue weighted by Gasteiger charge is 2.16. The molecule has 5 aromatic rings. The molecule has 8 heteroatoms. The lowest BCUT2D eigenvalue weighted by Crippen LogP contribution is -2.12. The van der Waals surface area contributed by atoms with Crippen molar-refractivity contribution in [1.29, 1.82) is 0 Å². The monoisotopic (exact) mass is 417 g/mol. The van der Waals surface area contributed by atoms with Gasteiger partial charge >= 0.3 is 0 Å². The number of rotatable bonds is 4. The molecule has 5 rings (SSSR count). The summed E-state index contributed by atoms with van der Waals surface area (Å²) >= 11 is 2.83. The first-order valence-electron chi connectivity index (χ1n) is 8.87. The van der Waals surface area contributed by atoms with Crippen LogP contribution >= 0.6 is 22.7 Å². The third-order valence-corrected chi connectivity index (χ3v) is 6.21. The molecule has 4 aromatic heterocycles. The molecule has 0 spiro atoms. The zero-order chi connectivity index (χ0) is 19.8. The van der Waals surface area contributed by atoms with Crippen molar-refractivity contribution in [3.05, 3.63) is 71.3 Å². The van der Waals surface area contributed by atoms with Gasteiger partial charge in [0.15, 0.2) is 5.13 Å². The summed E-state index contributed by atoms with van der Waals surface area (Å²) in [5.41, 5.74) is 4.20. The quantitative estimate of drug-likeness (QED) is 0.443. The van der Waals surface area contributed by atoms with Gasteiger partial charge < -0.3 is 4.57 Å². The van der Waals surface area contributed by atoms with E-state index in [9.17, 15) is 4.79 Å². The van der Waals surface area contributed by atoms with Crippen molar-refractivity contribution >= 4 is 44.6 Å². The fraction of sp³-hybridized carbons (Fsp3) is 0.0476. The minimum Gasteiger partial charge on any atom is -0.342 e. The molecule has 0 bridgehead atoms. The maximum atomic E-state index is 12.6. The van der Waals surface area contributed by atoms with Crippen molar-refractivity contribution in [3.8, 4) is 22.0 Å². The number of nitrogens with one attached hydrogen (secondary N) is 1. The number of pyridine rings is 1. The molecular formula is C21H15N5OS2. The Balaban J connectivity index is 1.37. The molecule has 0 saturated heterocycles. The molecule has 4 heterocycles. The van der Waals surface area contributed by atoms with Crippen molar-refractivity contribution in [2.24, 2.45) is 7.05 Å². The fourth-order valence-corrected chi connectivity index (χ4v) is 4.69. The van der Waals surface area contributed by atoms with Gasteiger partial charge in [-0.25, -0.2) is 9.97 Å². The average Bonchev–Trinajstić information content (AvgIpc) is 3.48. The van der Waals surface area contributed by atoms with Crippen LogP contribution in [0.2, 0.25) is 0 Å². The number of thiazole rings is 2. The fourth-order valence-electron chi connectivity index (χ4n) is 3.13. The van der Waals surface area contributed by atoms with E-state index in [0.717, 1.165) is 32.9 Å². The van der Waals surface area contributed by atoms with Crippen molar-refractivity contribution in [2.45, 2.75) is 0 Å². The predicted molar refractivity (Wildman–Crippen MR) is 117 cm³/mol. The number of carbonyl (C=O) groups is 1. The van der Waals surface area contributed by atoms with Gasteiger partial charge in [-0.3, -0.25) is 15.1 Å². The van der Waals surface area contributed by atoms with Gasteiger partial charge in [-0.1, -0.05) is 18.2 Å². The number of aryl methyl sites for hydroxylation is 1. The number of hydrogen-bond donors (Lipinski definition) is 1. The number of hydrogen-bond acceptors (Lipinski definition) is 6. The van der Waals surface area contributed by atoms with Gasteiger partial charge in [-0.05, 0) is 24.3 Å². The van der Waals surface area contributed by atoms with E-state index in [1.165, 1.54) is 22.7 Å². The van der Waals surface area contributed by atoms with Crippen LogP contribution in [0.15, 0.2) is 65.6 Å². The molecule has 1 amide bonds. The molecule has 0 aliphatic carbocycles. The highest BCUT2D eigenvalue weighted by molar-refractivity contribution is 7.14. The SMILES string of the molecule is Cn1c(-c2nc(C(=O)Nc3nc(-c4cccnc4)cs3)cs2)cc2ccccc21. The van der Waals surface area contributed by atoms with Gasteiger partial charge in [-0.15, -0.1) is 22.7 Å². The van der Waals surface area contributed by atoms with E-state index in [1.807, 2.05) is 36.7 Å². The molecular weight excluding hydrogens is 402 g/mol. The maximum Gasteiger partial charge on any atom is 0.276 e. The Morgan fingerprint density at radius 2 is 1.97 bits per heavy atom. The minimum atomic E-state index is -0.265. The van der Waals surface area contributed by atoms with E-state index in [4.69, 9.17) is 0 Å². The predicted octanol–water partition coefficient (Wildman–Crippen LogP) is 5.07. The molecule has 29 heavy (non-hydrogen) atoms. The number of benzene rings is 1. The molecule has 0 saturated carbocycles. The van der Waals surface area contributed by atoms with Crippen LogP contribution in [0.3, 0.4) is 0 Å². The van der Waals surface area contributed by atoms with E-state index in [-0.39, 0.29) is 5.91 Å². The zero-order valence-electron chi connectivity index (χ0n) is 15.4. The van der Waals surface area contributed by atoms with Gasteiger partial charge in [0.05, 0.1) is 11.4 Å². The van der Waals surface area contributed by atoms with Gasteiger partial charge in [0, 0.05) is 46.7 Å². The van der Waals surface area contributed by atoms with Gasteiger partial charge in [0.25, 0.3) is 5.91 Å². The van der Waals surface area contributed by atoms with E-state index in [2.05, 4.69) is 43.0 Å². The lowest BCUT2D eigenvalue weighted by Gasteiger charge is -2.00. The van der Waals surface area contributed by atoms with Crippen molar-refractivity contribution in [3.63, 3.8) is 0 Å². The molecule has 142 valence electrons. The van der Waals surface area contributed by atoms with E-state index < -0.39 is 0 Å². The summed E-state index contributed by atoms with van der Waals surface area (Å²) in [5, 5.41) is 9.01. The topological polar surface area (TPSA) is 72.7 Å². The molecule has 0 atom stereocenters. The summed E-state index contributed by atoms with van der Waals surface area (Å²) in [7, 11) is 2.01. The smallest absolute Gasteiger partial charge is 0.276 e. The Bertz CT molecular complexity index is 1320. The number of fused-ring (bicyclic) bond motifs is 1. The molecule has 1 N–H and O–H groups in total. The Hall–Kier alpha value is -3.36. The van der Waals surface area contributed by atoms with Crippen LogP contribution in [0, 0.1) is 0 Å². The number of para-hydroxylation sites is 1. The lowest BCUT2D eigenvalue weighted by atomic mass is 10.2. The summed E-state index contributed by atoms with van der Waals surface area (Å²) < 4.78 is 2.09. The molecule has 1 aromatic carbocycles. The van der Waals surface area contributed by atoms with E-state index in [1.54, 1.807) is 17.8 Å². The second-order valence-corrected chi connectivity index (χ2v) is 8.14. The molecule has 0 aliphatic rings. The Kier molecular flexibility index (Phi) is 4.42. The van der Waals surface area contributed by atoms with Crippen LogP contribution in [0.1, 0.15) is 10.5 Å². The van der Waals surface area contributed by atoms with Crippen LogP contribution in [-0.2, 0) is 7.05 Å². The van der Waals surface area contributed by atoms with Crippen LogP contribution in [0.25, 0.3) is 32.9 Å². The molecule has 0 fully saturated rings. The van der Waals surface area contributed by atoms with Gasteiger partial charge in [0.1, 0.15) is 10.7 Å². The number of nitrogens with zero attached hydrogens (tertiary/aromatic N) is 4. The van der Waals surface area contributed by atoms with Gasteiger partial charge in [0.2, 0.25) is 0 Å². The largest absolute Gasteiger partial charge is 0.342 e. The molecule has 0 radical (unpaired) electrons. The third-order valence-electron chi connectivity index (χ3n) is 4.59. The standard InChI is InChI=1S/C21H15N5OS2/c1-26-17-7-3-2-5-13(17)9-18(26)20-23-16(12-28-20)19(27)25-21-24-15(11-29-21)14-6-4-8-22-10-14/h2-12H,1H3,(H,24,25,27). The third kappa shape index (κ3) is 3.32. The van der Waals surface area contributed by atoms with Crippen LogP contribution in [0.4, 0.5) is 5.13 Å². The summed E-state index contributed by atoms with van der Waals surface area (Å²) in [6, 6.07) is 14.1. The number of aromatic nitrogens is 4. The summed E-state index contributed by atoms with van der Waals surface area (Å²) in [5.74, 6) is -0.265. The lowest BCUT2D eigenvalue weighted by molar-refractivity contribution is 0.102. The Morgan fingerprint density at radius 3 is 2.79 bits per heavy atom. The van der Waals surface area contributed by atoms with Crippen LogP contribution in [-0.4, -0.2) is 25.4 Å². The van der Waals surface area contributed by atoms with Crippen LogP contribution < -0.4 is 5.32 Å². The average molecular weight is 418 g/mol. The number of anilines is 1. The summed E-state index contributed by atoms with van der Waals surface area (Å²) in [4.78, 5) is 25.8.